The Hall–Kier alpha value is -0.950. The van der Waals surface area contributed by atoms with Crippen LogP contribution in [0.2, 0.25) is 0 Å². The first-order chi connectivity index (χ1) is 9.01. The molecule has 1 N–H and O–H groups in total. The summed E-state index contributed by atoms with van der Waals surface area (Å²) in [7, 11) is 0. The molecule has 1 aliphatic rings. The first-order valence-electron chi connectivity index (χ1n) is 6.09. The normalized spacial score (nSPS) is 22.4. The van der Waals surface area contributed by atoms with Gasteiger partial charge in [-0.25, -0.2) is 8.78 Å². The van der Waals surface area contributed by atoms with Crippen LogP contribution < -0.4 is 0 Å². The smallest absolute Gasteiger partial charge is 0.231 e. The topological polar surface area (TPSA) is 63.4 Å². The number of nitro groups is 1. The lowest BCUT2D eigenvalue weighted by Crippen LogP contribution is -2.35. The molecule has 0 spiro atoms. The van der Waals surface area contributed by atoms with Gasteiger partial charge in [-0.05, 0) is 17.9 Å². The van der Waals surface area contributed by atoms with Gasteiger partial charge in [0.25, 0.3) is 0 Å². The monoisotopic (exact) mass is 293 g/mol. The molecule has 0 saturated heterocycles. The second-order valence-corrected chi connectivity index (χ2v) is 5.59. The number of aliphatic hydroxyl groups excluding tert-OH is 1. The highest BCUT2D eigenvalue weighted by Gasteiger charge is 2.36. The van der Waals surface area contributed by atoms with Gasteiger partial charge in [-0.3, -0.25) is 10.1 Å². The van der Waals surface area contributed by atoms with Gasteiger partial charge in [0.1, 0.15) is 12.0 Å². The summed E-state index contributed by atoms with van der Waals surface area (Å²) in [6.45, 7) is 1.44. The van der Waals surface area contributed by atoms with Crippen molar-refractivity contribution in [1.82, 2.24) is 0 Å². The van der Waals surface area contributed by atoms with Gasteiger partial charge in [-0.2, -0.15) is 0 Å². The van der Waals surface area contributed by atoms with Crippen LogP contribution >= 0.6 is 11.8 Å². The third-order valence-electron chi connectivity index (χ3n) is 2.86. The van der Waals surface area contributed by atoms with Gasteiger partial charge in [-0.15, -0.1) is 11.8 Å². The molecule has 0 aliphatic heterocycles. The summed E-state index contributed by atoms with van der Waals surface area (Å²) in [6.07, 6.45) is 0.820. The van der Waals surface area contributed by atoms with Crippen molar-refractivity contribution in [1.29, 1.82) is 0 Å². The van der Waals surface area contributed by atoms with E-state index in [1.165, 1.54) is 11.8 Å². The Labute approximate surface area is 114 Å². The summed E-state index contributed by atoms with van der Waals surface area (Å²) in [6, 6.07) is -1.12. The van der Waals surface area contributed by atoms with E-state index in [1.807, 2.05) is 0 Å². The molecule has 0 heterocycles. The number of thioether (sulfide) groups is 1. The number of hydrogen-bond acceptors (Lipinski definition) is 4. The summed E-state index contributed by atoms with van der Waals surface area (Å²) in [4.78, 5) is 10.5. The van der Waals surface area contributed by atoms with Crippen LogP contribution in [0.3, 0.4) is 0 Å². The molecule has 0 bridgehead atoms. The predicted molar refractivity (Wildman–Crippen MR) is 71.2 cm³/mol. The summed E-state index contributed by atoms with van der Waals surface area (Å²) in [5.41, 5.74) is 0.0424. The minimum absolute atomic E-state index is 0.0397. The van der Waals surface area contributed by atoms with Gasteiger partial charge in [0, 0.05) is 29.9 Å². The number of halogens is 2. The van der Waals surface area contributed by atoms with Crippen molar-refractivity contribution in [3.63, 3.8) is 0 Å². The molecule has 0 aromatic carbocycles. The highest BCUT2D eigenvalue weighted by Crippen LogP contribution is 2.34. The van der Waals surface area contributed by atoms with Gasteiger partial charge in [-0.1, -0.05) is 6.92 Å². The van der Waals surface area contributed by atoms with Crippen LogP contribution in [0.15, 0.2) is 23.6 Å². The molecule has 0 aromatic heterocycles. The molecule has 19 heavy (non-hydrogen) atoms. The van der Waals surface area contributed by atoms with Crippen LogP contribution in [-0.2, 0) is 0 Å². The van der Waals surface area contributed by atoms with Crippen molar-refractivity contribution >= 4 is 11.8 Å². The van der Waals surface area contributed by atoms with E-state index in [-0.39, 0.29) is 25.0 Å². The second kappa shape index (κ2) is 7.59. The average Bonchev–Trinajstić information content (AvgIpc) is 2.36. The highest BCUT2D eigenvalue weighted by atomic mass is 32.2. The molecule has 0 amide bonds. The van der Waals surface area contributed by atoms with Crippen LogP contribution in [0.4, 0.5) is 8.78 Å². The highest BCUT2D eigenvalue weighted by molar-refractivity contribution is 8.00. The van der Waals surface area contributed by atoms with Crippen molar-refractivity contribution in [2.75, 3.05) is 12.4 Å². The molecular formula is C12H17F2NO3S. The van der Waals surface area contributed by atoms with Gasteiger partial charge < -0.3 is 5.11 Å². The number of rotatable bonds is 7. The Morgan fingerprint density at radius 2 is 2.37 bits per heavy atom. The second-order valence-electron chi connectivity index (χ2n) is 4.17. The Kier molecular flexibility index (Phi) is 6.44. The molecule has 0 radical (unpaired) electrons. The van der Waals surface area contributed by atoms with Crippen LogP contribution in [0.1, 0.15) is 19.8 Å². The van der Waals surface area contributed by atoms with E-state index in [9.17, 15) is 18.9 Å². The van der Waals surface area contributed by atoms with Crippen LogP contribution in [-0.4, -0.2) is 39.9 Å². The number of alkyl halides is 1. The Bertz CT molecular complexity index is 387. The molecule has 0 saturated carbocycles. The fourth-order valence-electron chi connectivity index (χ4n) is 1.99. The van der Waals surface area contributed by atoms with E-state index in [0.29, 0.717) is 5.75 Å². The third kappa shape index (κ3) is 4.28. The van der Waals surface area contributed by atoms with E-state index in [4.69, 9.17) is 5.11 Å². The third-order valence-corrected chi connectivity index (χ3v) is 4.12. The maximum Gasteiger partial charge on any atom is 0.231 e. The number of nitrogens with zero attached hydrogens (tertiary/aromatic N) is 1. The van der Waals surface area contributed by atoms with Gasteiger partial charge >= 0.3 is 0 Å². The zero-order valence-electron chi connectivity index (χ0n) is 10.6. The van der Waals surface area contributed by atoms with Gasteiger partial charge in [0.2, 0.25) is 6.04 Å². The van der Waals surface area contributed by atoms with E-state index < -0.39 is 28.2 Å². The van der Waals surface area contributed by atoms with E-state index >= 15 is 0 Å². The summed E-state index contributed by atoms with van der Waals surface area (Å²) in [5, 5.41) is 19.2. The zero-order chi connectivity index (χ0) is 14.4. The molecule has 4 nitrogen and oxygen atoms in total. The summed E-state index contributed by atoms with van der Waals surface area (Å²) in [5.74, 6) is -0.0493. The minimum atomic E-state index is -1.31. The maximum absolute atomic E-state index is 13.8. The summed E-state index contributed by atoms with van der Waals surface area (Å²) >= 11 is 1.20. The number of allylic oxidation sites excluding steroid dienone is 3. The molecule has 1 rings (SSSR count). The van der Waals surface area contributed by atoms with Crippen molar-refractivity contribution in [3.8, 4) is 0 Å². The predicted octanol–water partition coefficient (Wildman–Crippen LogP) is 2.66. The van der Waals surface area contributed by atoms with Crippen molar-refractivity contribution in [2.24, 2.45) is 0 Å². The lowest BCUT2D eigenvalue weighted by molar-refractivity contribution is -0.521. The lowest BCUT2D eigenvalue weighted by Gasteiger charge is -2.24. The molecule has 1 aliphatic carbocycles. The Morgan fingerprint density at radius 1 is 1.68 bits per heavy atom. The molecule has 3 atom stereocenters. The van der Waals surface area contributed by atoms with E-state index in [0.717, 1.165) is 12.2 Å². The molecule has 7 heteroatoms. The van der Waals surface area contributed by atoms with E-state index in [1.54, 1.807) is 6.92 Å². The molecular weight excluding hydrogens is 276 g/mol. The van der Waals surface area contributed by atoms with Crippen LogP contribution in [0.5, 0.6) is 0 Å². The Morgan fingerprint density at radius 3 is 2.89 bits per heavy atom. The summed E-state index contributed by atoms with van der Waals surface area (Å²) < 4.78 is 27.1. The zero-order valence-corrected chi connectivity index (χ0v) is 11.4. The number of aliphatic hydroxyl groups is 1. The van der Waals surface area contributed by atoms with E-state index in [2.05, 4.69) is 0 Å². The lowest BCUT2D eigenvalue weighted by atomic mass is 9.96. The average molecular weight is 293 g/mol. The first kappa shape index (κ1) is 16.1. The number of hydrogen-bond donors (Lipinski definition) is 1. The maximum atomic E-state index is 13.8. The SMILES string of the molecule is CCSC(C1=CC(F)CC=C1F)[C@H](CCO)[N+](=O)[O-]. The quantitative estimate of drug-likeness (QED) is 0.579. The van der Waals surface area contributed by atoms with Crippen molar-refractivity contribution in [2.45, 2.75) is 37.2 Å². The Balaban J connectivity index is 3.04. The molecule has 108 valence electrons. The standard InChI is InChI=1S/C12H17F2NO3S/c1-2-19-12(11(5-6-16)15(17)18)9-7-8(13)3-4-10(9)14/h4,7-8,11-12,16H,2-3,5-6H2,1H3/t8?,11-,12?/m0/s1. The fourth-order valence-corrected chi connectivity index (χ4v) is 3.18. The molecule has 0 aromatic rings. The van der Waals surface area contributed by atoms with Crippen LogP contribution in [0.25, 0.3) is 0 Å². The van der Waals surface area contributed by atoms with Crippen molar-refractivity contribution in [3.05, 3.63) is 33.7 Å². The minimum Gasteiger partial charge on any atom is -0.396 e. The fraction of sp³-hybridized carbons (Fsp3) is 0.667. The van der Waals surface area contributed by atoms with Crippen molar-refractivity contribution < 1.29 is 18.8 Å². The first-order valence-corrected chi connectivity index (χ1v) is 7.13. The molecule has 0 fully saturated rings. The van der Waals surface area contributed by atoms with Crippen LogP contribution in [0, 0.1) is 10.1 Å². The van der Waals surface area contributed by atoms with Gasteiger partial charge in [0.05, 0.1) is 5.25 Å². The largest absolute Gasteiger partial charge is 0.396 e. The van der Waals surface area contributed by atoms with Gasteiger partial charge in [0.15, 0.2) is 0 Å². The molecule has 2 unspecified atom stereocenters.